The summed E-state index contributed by atoms with van der Waals surface area (Å²) in [4.78, 5) is 8.68. The molecule has 22 heavy (non-hydrogen) atoms. The molecular weight excluding hydrogens is 302 g/mol. The predicted molar refractivity (Wildman–Crippen MR) is 80.5 cm³/mol. The first-order valence-electron chi connectivity index (χ1n) is 6.97. The Balaban J connectivity index is 1.62. The number of hydrogen-bond donors (Lipinski definition) is 0. The zero-order chi connectivity index (χ0) is 14.9. The van der Waals surface area contributed by atoms with E-state index in [2.05, 4.69) is 20.3 Å². The molecule has 0 bridgehead atoms. The van der Waals surface area contributed by atoms with E-state index in [9.17, 15) is 0 Å². The second-order valence-corrected chi connectivity index (χ2v) is 5.50. The van der Waals surface area contributed by atoms with Crippen LogP contribution in [0.3, 0.4) is 0 Å². The van der Waals surface area contributed by atoms with Crippen LogP contribution in [0, 0.1) is 0 Å². The van der Waals surface area contributed by atoms with Crippen LogP contribution < -0.4 is 4.74 Å². The second kappa shape index (κ2) is 5.38. The first kappa shape index (κ1) is 13.2. The fourth-order valence-corrected chi connectivity index (χ4v) is 2.33. The molecule has 6 nitrogen and oxygen atoms in total. The molecule has 2 aromatic heterocycles. The minimum Gasteiger partial charge on any atom is -0.439 e. The van der Waals surface area contributed by atoms with E-state index in [1.54, 1.807) is 23.1 Å². The summed E-state index contributed by atoms with van der Waals surface area (Å²) in [5.74, 6) is 2.29. The molecule has 2 heterocycles. The molecule has 3 aromatic rings. The molecule has 1 aromatic carbocycles. The average Bonchev–Trinajstić information content (AvgIpc) is 3.22. The Hall–Kier alpha value is -2.47. The number of benzene rings is 1. The van der Waals surface area contributed by atoms with Gasteiger partial charge in [-0.2, -0.15) is 4.98 Å². The van der Waals surface area contributed by atoms with Crippen molar-refractivity contribution in [1.82, 2.24) is 25.0 Å². The molecular formula is C15H12ClN5O. The largest absolute Gasteiger partial charge is 0.439 e. The lowest BCUT2D eigenvalue weighted by Crippen LogP contribution is -1.98. The molecule has 1 aliphatic carbocycles. The topological polar surface area (TPSA) is 65.7 Å². The van der Waals surface area contributed by atoms with Crippen LogP contribution in [0.4, 0.5) is 0 Å². The van der Waals surface area contributed by atoms with Crippen LogP contribution in [0.5, 0.6) is 11.6 Å². The van der Waals surface area contributed by atoms with Gasteiger partial charge in [-0.25, -0.2) is 9.67 Å². The van der Waals surface area contributed by atoms with Crippen molar-refractivity contribution in [1.29, 1.82) is 0 Å². The van der Waals surface area contributed by atoms with E-state index >= 15 is 0 Å². The van der Waals surface area contributed by atoms with Crippen LogP contribution in [0.25, 0.3) is 5.69 Å². The summed E-state index contributed by atoms with van der Waals surface area (Å²) in [6.45, 7) is 0. The van der Waals surface area contributed by atoms with Gasteiger partial charge in [-0.1, -0.05) is 22.9 Å². The fraction of sp³-hybridized carbons (Fsp3) is 0.200. The van der Waals surface area contributed by atoms with Crippen LogP contribution in [0.1, 0.15) is 24.6 Å². The molecule has 0 unspecified atom stereocenters. The van der Waals surface area contributed by atoms with Crippen molar-refractivity contribution in [3.8, 4) is 17.3 Å². The smallest absolute Gasteiger partial charge is 0.224 e. The Morgan fingerprint density at radius 2 is 2.09 bits per heavy atom. The van der Waals surface area contributed by atoms with E-state index in [4.69, 9.17) is 16.3 Å². The molecule has 1 saturated carbocycles. The quantitative estimate of drug-likeness (QED) is 0.691. The van der Waals surface area contributed by atoms with Crippen LogP contribution >= 0.6 is 11.6 Å². The molecule has 1 aliphatic rings. The number of aromatic nitrogens is 5. The van der Waals surface area contributed by atoms with Crippen molar-refractivity contribution in [2.24, 2.45) is 0 Å². The number of hydrogen-bond acceptors (Lipinski definition) is 5. The Morgan fingerprint density at radius 3 is 2.86 bits per heavy atom. The lowest BCUT2D eigenvalue weighted by atomic mass is 10.3. The molecule has 110 valence electrons. The monoisotopic (exact) mass is 313 g/mol. The maximum Gasteiger partial charge on any atom is 0.224 e. The maximum absolute atomic E-state index is 6.05. The minimum atomic E-state index is 0.402. The van der Waals surface area contributed by atoms with Crippen LogP contribution in [0.2, 0.25) is 5.15 Å². The van der Waals surface area contributed by atoms with Gasteiger partial charge in [0.25, 0.3) is 0 Å². The molecule has 0 amide bonds. The van der Waals surface area contributed by atoms with Crippen LogP contribution in [-0.4, -0.2) is 25.0 Å². The zero-order valence-electron chi connectivity index (χ0n) is 11.6. The first-order chi connectivity index (χ1) is 10.8. The molecule has 0 saturated heterocycles. The summed E-state index contributed by atoms with van der Waals surface area (Å²) in [7, 11) is 0. The third-order valence-electron chi connectivity index (χ3n) is 3.36. The minimum absolute atomic E-state index is 0.402. The van der Waals surface area contributed by atoms with Crippen molar-refractivity contribution >= 4 is 11.6 Å². The molecule has 0 radical (unpaired) electrons. The lowest BCUT2D eigenvalue weighted by Gasteiger charge is -2.08. The lowest BCUT2D eigenvalue weighted by molar-refractivity contribution is 0.458. The predicted octanol–water partition coefficient (Wildman–Crippen LogP) is 3.38. The third-order valence-corrected chi connectivity index (χ3v) is 3.55. The van der Waals surface area contributed by atoms with Gasteiger partial charge < -0.3 is 4.74 Å². The van der Waals surface area contributed by atoms with Gasteiger partial charge in [-0.3, -0.25) is 0 Å². The van der Waals surface area contributed by atoms with E-state index in [0.29, 0.717) is 22.7 Å². The van der Waals surface area contributed by atoms with Gasteiger partial charge in [-0.05, 0) is 25.0 Å². The van der Waals surface area contributed by atoms with Crippen LogP contribution in [0.15, 0.2) is 42.7 Å². The van der Waals surface area contributed by atoms with Crippen molar-refractivity contribution in [3.63, 3.8) is 0 Å². The van der Waals surface area contributed by atoms with Gasteiger partial charge >= 0.3 is 0 Å². The van der Waals surface area contributed by atoms with Crippen LogP contribution in [-0.2, 0) is 0 Å². The summed E-state index contributed by atoms with van der Waals surface area (Å²) >= 11 is 6.05. The molecule has 0 N–H and O–H groups in total. The van der Waals surface area contributed by atoms with E-state index in [0.717, 1.165) is 24.4 Å². The van der Waals surface area contributed by atoms with Gasteiger partial charge in [0.1, 0.15) is 16.7 Å². The average molecular weight is 314 g/mol. The highest BCUT2D eigenvalue weighted by Crippen LogP contribution is 2.39. The van der Waals surface area contributed by atoms with E-state index in [1.807, 2.05) is 24.3 Å². The Bertz CT molecular complexity index is 801. The summed E-state index contributed by atoms with van der Waals surface area (Å²) in [6, 6.07) is 9.14. The zero-order valence-corrected chi connectivity index (χ0v) is 12.3. The van der Waals surface area contributed by atoms with Gasteiger partial charge in [0.05, 0.1) is 18.1 Å². The summed E-state index contributed by atoms with van der Waals surface area (Å²) in [5.41, 5.74) is 0.859. The van der Waals surface area contributed by atoms with Gasteiger partial charge in [0.2, 0.25) is 5.88 Å². The Labute approximate surface area is 131 Å². The number of nitrogens with zero attached hydrogens (tertiary/aromatic N) is 5. The fourth-order valence-electron chi connectivity index (χ4n) is 2.15. The Kier molecular flexibility index (Phi) is 3.23. The molecule has 0 atom stereocenters. The highest BCUT2D eigenvalue weighted by Gasteiger charge is 2.27. The van der Waals surface area contributed by atoms with Gasteiger partial charge in [-0.15, -0.1) is 5.10 Å². The number of ether oxygens (including phenoxy) is 1. The SMILES string of the molecule is Clc1cc(Oc2cccc(-n3ccnn3)c2)nc(C2CC2)n1. The van der Waals surface area contributed by atoms with E-state index in [1.165, 1.54) is 0 Å². The Morgan fingerprint density at radius 1 is 1.18 bits per heavy atom. The molecule has 1 fully saturated rings. The second-order valence-electron chi connectivity index (χ2n) is 5.11. The third kappa shape index (κ3) is 2.78. The van der Waals surface area contributed by atoms with Crippen molar-refractivity contribution in [3.05, 3.63) is 53.7 Å². The standard InChI is InChI=1S/C15H12ClN5O/c16-13-9-14(19-15(18-13)10-4-5-10)22-12-3-1-2-11(8-12)21-7-6-17-20-21/h1-3,6-10H,4-5H2. The maximum atomic E-state index is 6.05. The molecule has 0 spiro atoms. The highest BCUT2D eigenvalue weighted by molar-refractivity contribution is 6.29. The highest BCUT2D eigenvalue weighted by atomic mass is 35.5. The van der Waals surface area contributed by atoms with E-state index < -0.39 is 0 Å². The molecule has 4 rings (SSSR count). The summed E-state index contributed by atoms with van der Waals surface area (Å²) < 4.78 is 7.48. The normalized spacial score (nSPS) is 14.0. The van der Waals surface area contributed by atoms with E-state index in [-0.39, 0.29) is 0 Å². The van der Waals surface area contributed by atoms with Crippen molar-refractivity contribution < 1.29 is 4.74 Å². The number of rotatable bonds is 4. The van der Waals surface area contributed by atoms with Gasteiger partial charge in [0.15, 0.2) is 0 Å². The summed E-state index contributed by atoms with van der Waals surface area (Å²) in [6.07, 6.45) is 5.62. The van der Waals surface area contributed by atoms with Crippen molar-refractivity contribution in [2.45, 2.75) is 18.8 Å². The summed E-state index contributed by atoms with van der Waals surface area (Å²) in [5, 5.41) is 8.16. The molecule has 7 heteroatoms. The van der Waals surface area contributed by atoms with Gasteiger partial charge in [0, 0.05) is 18.1 Å². The van der Waals surface area contributed by atoms with Crippen molar-refractivity contribution in [2.75, 3.05) is 0 Å². The first-order valence-corrected chi connectivity index (χ1v) is 7.35. The number of halogens is 1. The molecule has 0 aliphatic heterocycles.